The van der Waals surface area contributed by atoms with Crippen LogP contribution in [-0.2, 0) is 5.54 Å². The Hall–Kier alpha value is -2.75. The third-order valence-electron chi connectivity index (χ3n) is 3.96. The van der Waals surface area contributed by atoms with E-state index < -0.39 is 0 Å². The molecular weight excluding hydrogens is 276 g/mol. The molecule has 3 aromatic rings. The second kappa shape index (κ2) is 4.91. The summed E-state index contributed by atoms with van der Waals surface area (Å²) in [6, 6.07) is 15.7. The molecule has 2 aromatic heterocycles. The Balaban J connectivity index is 1.87. The molecule has 1 unspecified atom stereocenters. The van der Waals surface area contributed by atoms with Gasteiger partial charge in [0.25, 0.3) is 0 Å². The second-order valence-electron chi connectivity index (χ2n) is 5.66. The van der Waals surface area contributed by atoms with E-state index >= 15 is 0 Å². The second-order valence-corrected chi connectivity index (χ2v) is 5.66. The fraction of sp³-hybridized carbons (Fsp3) is 0.167. The molecule has 22 heavy (non-hydrogen) atoms. The van der Waals surface area contributed by atoms with E-state index in [1.807, 2.05) is 48.5 Å². The first-order valence-electron chi connectivity index (χ1n) is 7.27. The van der Waals surface area contributed by atoms with Gasteiger partial charge in [-0.25, -0.2) is 4.99 Å². The van der Waals surface area contributed by atoms with Crippen molar-refractivity contribution in [3.05, 3.63) is 72.6 Å². The van der Waals surface area contributed by atoms with E-state index in [0.717, 1.165) is 28.6 Å². The maximum atomic E-state index is 5.66. The minimum atomic E-state index is -0.387. The van der Waals surface area contributed by atoms with E-state index in [2.05, 4.69) is 12.2 Å². The Morgan fingerprint density at radius 2 is 1.82 bits per heavy atom. The molecule has 1 aliphatic heterocycles. The van der Waals surface area contributed by atoms with Gasteiger partial charge in [0.05, 0.1) is 35.2 Å². The number of rotatable bonds is 2. The molecule has 0 fully saturated rings. The number of anilines is 1. The Labute approximate surface area is 128 Å². The van der Waals surface area contributed by atoms with Crippen LogP contribution in [0.4, 0.5) is 11.4 Å². The lowest BCUT2D eigenvalue weighted by atomic mass is 9.91. The summed E-state index contributed by atoms with van der Waals surface area (Å²) < 4.78 is 11.2. The van der Waals surface area contributed by atoms with Gasteiger partial charge in [0.15, 0.2) is 0 Å². The molecule has 0 saturated carbocycles. The molecule has 0 radical (unpaired) electrons. The molecule has 1 N–H and O–H groups in total. The lowest BCUT2D eigenvalue weighted by Crippen LogP contribution is -2.33. The number of fused-ring (bicyclic) bond motifs is 1. The Bertz CT molecular complexity index is 804. The summed E-state index contributed by atoms with van der Waals surface area (Å²) in [4.78, 5) is 4.81. The van der Waals surface area contributed by atoms with Gasteiger partial charge in [-0.2, -0.15) is 0 Å². The first kappa shape index (κ1) is 13.0. The van der Waals surface area contributed by atoms with Crippen LogP contribution in [0.5, 0.6) is 0 Å². The number of nitrogens with one attached hydrogen (secondary N) is 1. The van der Waals surface area contributed by atoms with Gasteiger partial charge < -0.3 is 14.2 Å². The van der Waals surface area contributed by atoms with E-state index in [1.165, 1.54) is 0 Å². The first-order chi connectivity index (χ1) is 10.7. The van der Waals surface area contributed by atoms with Crippen molar-refractivity contribution >= 4 is 17.1 Å². The molecule has 1 aliphatic rings. The molecule has 4 heteroatoms. The third kappa shape index (κ3) is 2.13. The first-order valence-corrected chi connectivity index (χ1v) is 7.27. The molecule has 4 rings (SSSR count). The highest BCUT2D eigenvalue weighted by atomic mass is 16.3. The summed E-state index contributed by atoms with van der Waals surface area (Å²) in [5, 5.41) is 3.58. The van der Waals surface area contributed by atoms with Crippen LogP contribution in [0, 0.1) is 0 Å². The van der Waals surface area contributed by atoms with Crippen LogP contribution >= 0.6 is 0 Å². The Kier molecular flexibility index (Phi) is 2.89. The van der Waals surface area contributed by atoms with E-state index in [4.69, 9.17) is 13.8 Å². The van der Waals surface area contributed by atoms with E-state index in [1.54, 1.807) is 12.5 Å². The molecule has 1 atom stereocenters. The molecule has 3 heterocycles. The Morgan fingerprint density at radius 1 is 1.00 bits per heavy atom. The highest BCUT2D eigenvalue weighted by molar-refractivity contribution is 6.02. The van der Waals surface area contributed by atoms with Crippen LogP contribution in [0.25, 0.3) is 0 Å². The molecule has 0 aliphatic carbocycles. The normalized spacial score (nSPS) is 20.7. The molecule has 110 valence electrons. The van der Waals surface area contributed by atoms with Crippen molar-refractivity contribution in [2.75, 3.05) is 5.32 Å². The topological polar surface area (TPSA) is 50.7 Å². The predicted molar refractivity (Wildman–Crippen MR) is 85.6 cm³/mol. The predicted octanol–water partition coefficient (Wildman–Crippen LogP) is 4.72. The quantitative estimate of drug-likeness (QED) is 0.743. The van der Waals surface area contributed by atoms with Gasteiger partial charge in [0, 0.05) is 6.42 Å². The molecule has 4 nitrogen and oxygen atoms in total. The number of hydrogen-bond donors (Lipinski definition) is 1. The average Bonchev–Trinajstić information content (AvgIpc) is 3.20. The summed E-state index contributed by atoms with van der Waals surface area (Å²) >= 11 is 0. The zero-order valence-electron chi connectivity index (χ0n) is 12.2. The molecule has 0 saturated heterocycles. The molecule has 1 aromatic carbocycles. The lowest BCUT2D eigenvalue weighted by Gasteiger charge is -2.28. The molecule has 0 spiro atoms. The van der Waals surface area contributed by atoms with E-state index in [9.17, 15) is 0 Å². The van der Waals surface area contributed by atoms with Gasteiger partial charge in [0.1, 0.15) is 11.5 Å². The van der Waals surface area contributed by atoms with Gasteiger partial charge in [-0.15, -0.1) is 0 Å². The summed E-state index contributed by atoms with van der Waals surface area (Å²) in [7, 11) is 0. The highest BCUT2D eigenvalue weighted by Crippen LogP contribution is 2.39. The van der Waals surface area contributed by atoms with Gasteiger partial charge >= 0.3 is 0 Å². The van der Waals surface area contributed by atoms with Crippen molar-refractivity contribution in [2.45, 2.75) is 18.9 Å². The fourth-order valence-electron chi connectivity index (χ4n) is 2.86. The smallest absolute Gasteiger partial charge is 0.148 e. The van der Waals surface area contributed by atoms with Gasteiger partial charge in [-0.1, -0.05) is 12.1 Å². The monoisotopic (exact) mass is 292 g/mol. The maximum Gasteiger partial charge on any atom is 0.148 e. The van der Waals surface area contributed by atoms with Crippen molar-refractivity contribution < 1.29 is 8.83 Å². The van der Waals surface area contributed by atoms with Crippen molar-refractivity contribution in [3.63, 3.8) is 0 Å². The number of benzene rings is 1. The molecule has 0 bridgehead atoms. The largest absolute Gasteiger partial charge is 0.467 e. The van der Waals surface area contributed by atoms with Crippen LogP contribution in [0.1, 0.15) is 24.9 Å². The summed E-state index contributed by atoms with van der Waals surface area (Å²) in [6.07, 6.45) is 4.04. The van der Waals surface area contributed by atoms with Crippen LogP contribution in [-0.4, -0.2) is 5.71 Å². The SMILES string of the molecule is CC1(c2ccco2)CC(c2ccco2)=Nc2ccccc2N1. The van der Waals surface area contributed by atoms with Crippen molar-refractivity contribution in [1.29, 1.82) is 0 Å². The number of hydrogen-bond acceptors (Lipinski definition) is 4. The zero-order valence-corrected chi connectivity index (χ0v) is 12.2. The van der Waals surface area contributed by atoms with Crippen LogP contribution in [0.15, 0.2) is 74.9 Å². The van der Waals surface area contributed by atoms with Gasteiger partial charge in [0.2, 0.25) is 0 Å². The van der Waals surface area contributed by atoms with Crippen molar-refractivity contribution in [2.24, 2.45) is 4.99 Å². The standard InChI is InChI=1S/C18H16N2O2/c1-18(17-9-5-11-22-17)12-15(16-8-4-10-21-16)19-13-6-2-3-7-14(13)20-18/h2-11,20H,12H2,1H3. The van der Waals surface area contributed by atoms with E-state index in [-0.39, 0.29) is 5.54 Å². The minimum absolute atomic E-state index is 0.387. The Morgan fingerprint density at radius 3 is 2.59 bits per heavy atom. The van der Waals surface area contributed by atoms with Crippen molar-refractivity contribution in [3.8, 4) is 0 Å². The summed E-state index contributed by atoms with van der Waals surface area (Å²) in [6.45, 7) is 2.12. The van der Waals surface area contributed by atoms with Crippen LogP contribution in [0.2, 0.25) is 0 Å². The summed E-state index contributed by atoms with van der Waals surface area (Å²) in [5.41, 5.74) is 2.41. The maximum absolute atomic E-state index is 5.66. The van der Waals surface area contributed by atoms with Gasteiger partial charge in [-0.3, -0.25) is 0 Å². The molecular formula is C18H16N2O2. The number of para-hydroxylation sites is 2. The average molecular weight is 292 g/mol. The van der Waals surface area contributed by atoms with E-state index in [0.29, 0.717) is 6.42 Å². The fourth-order valence-corrected chi connectivity index (χ4v) is 2.86. The number of nitrogens with zero attached hydrogens (tertiary/aromatic N) is 1. The zero-order chi connectivity index (χ0) is 15.0. The lowest BCUT2D eigenvalue weighted by molar-refractivity contribution is 0.402. The molecule has 0 amide bonds. The number of aliphatic imine (C=N–C) groups is 1. The van der Waals surface area contributed by atoms with Crippen LogP contribution in [0.3, 0.4) is 0 Å². The summed E-state index contributed by atoms with van der Waals surface area (Å²) in [5.74, 6) is 1.67. The van der Waals surface area contributed by atoms with Crippen LogP contribution < -0.4 is 5.32 Å². The number of furan rings is 2. The van der Waals surface area contributed by atoms with Gasteiger partial charge in [-0.05, 0) is 43.3 Å². The minimum Gasteiger partial charge on any atom is -0.467 e. The third-order valence-corrected chi connectivity index (χ3v) is 3.96. The highest BCUT2D eigenvalue weighted by Gasteiger charge is 2.35. The van der Waals surface area contributed by atoms with Crippen molar-refractivity contribution in [1.82, 2.24) is 0 Å².